The van der Waals surface area contributed by atoms with Crippen molar-refractivity contribution in [1.82, 2.24) is 9.97 Å². The Bertz CT molecular complexity index is 1440. The van der Waals surface area contributed by atoms with Crippen molar-refractivity contribution in [3.8, 4) is 11.1 Å². The minimum absolute atomic E-state index is 1.03. The van der Waals surface area contributed by atoms with E-state index in [-0.39, 0.29) is 0 Å². The topological polar surface area (TPSA) is 28.7 Å². The van der Waals surface area contributed by atoms with Gasteiger partial charge in [0.2, 0.25) is 0 Å². The van der Waals surface area contributed by atoms with Gasteiger partial charge in [-0.15, -0.1) is 11.3 Å². The summed E-state index contributed by atoms with van der Waals surface area (Å²) in [5.74, 6) is 0. The van der Waals surface area contributed by atoms with E-state index in [1.54, 1.807) is 0 Å². The van der Waals surface area contributed by atoms with Crippen molar-refractivity contribution in [1.29, 1.82) is 0 Å². The minimum atomic E-state index is 1.03. The third-order valence-electron chi connectivity index (χ3n) is 5.07. The number of hydrogen-bond donors (Lipinski definition) is 1. The van der Waals surface area contributed by atoms with Crippen molar-refractivity contribution in [2.75, 3.05) is 0 Å². The average molecular weight is 350 g/mol. The maximum Gasteiger partial charge on any atom is 0.0957 e. The zero-order valence-corrected chi connectivity index (χ0v) is 14.7. The Labute approximate surface area is 153 Å². The standard InChI is InChI=1S/C23H14N2S/c1-2-8-20-16(5-1)22-15(6-3-9-21(22)26-20)14-10-11-18-17(13-14)23-19(25-18)7-4-12-24-23/h1-13,25H. The van der Waals surface area contributed by atoms with Crippen molar-refractivity contribution in [2.24, 2.45) is 0 Å². The highest BCUT2D eigenvalue weighted by Crippen LogP contribution is 2.40. The number of nitrogens with one attached hydrogen (secondary N) is 1. The summed E-state index contributed by atoms with van der Waals surface area (Å²) >= 11 is 1.86. The second kappa shape index (κ2) is 5.16. The smallest absolute Gasteiger partial charge is 0.0957 e. The van der Waals surface area contributed by atoms with Crippen LogP contribution in [0.4, 0.5) is 0 Å². The molecular weight excluding hydrogens is 336 g/mol. The molecule has 3 aromatic carbocycles. The molecule has 0 aliphatic carbocycles. The average Bonchev–Trinajstić information content (AvgIpc) is 3.25. The molecule has 3 aromatic heterocycles. The first-order valence-electron chi connectivity index (χ1n) is 8.65. The number of hydrogen-bond acceptors (Lipinski definition) is 2. The van der Waals surface area contributed by atoms with Crippen molar-refractivity contribution >= 4 is 53.4 Å². The molecule has 122 valence electrons. The molecule has 26 heavy (non-hydrogen) atoms. The summed E-state index contributed by atoms with van der Waals surface area (Å²) in [7, 11) is 0. The van der Waals surface area contributed by atoms with Crippen LogP contribution in [0.5, 0.6) is 0 Å². The van der Waals surface area contributed by atoms with E-state index in [2.05, 4.69) is 76.7 Å². The predicted octanol–water partition coefficient (Wildman–Crippen LogP) is 6.75. The second-order valence-electron chi connectivity index (χ2n) is 6.56. The normalized spacial score (nSPS) is 11.8. The molecule has 0 amide bonds. The Balaban J connectivity index is 1.71. The van der Waals surface area contributed by atoms with Gasteiger partial charge in [0.15, 0.2) is 0 Å². The van der Waals surface area contributed by atoms with Gasteiger partial charge >= 0.3 is 0 Å². The highest BCUT2D eigenvalue weighted by atomic mass is 32.1. The van der Waals surface area contributed by atoms with Crippen molar-refractivity contribution in [3.63, 3.8) is 0 Å². The van der Waals surface area contributed by atoms with Crippen LogP contribution in [0.15, 0.2) is 79.0 Å². The van der Waals surface area contributed by atoms with Crippen LogP contribution in [0.3, 0.4) is 0 Å². The molecule has 3 heteroatoms. The highest BCUT2D eigenvalue weighted by molar-refractivity contribution is 7.25. The Morgan fingerprint density at radius 2 is 1.65 bits per heavy atom. The van der Waals surface area contributed by atoms with E-state index in [9.17, 15) is 0 Å². The lowest BCUT2D eigenvalue weighted by Gasteiger charge is -2.05. The van der Waals surface area contributed by atoms with E-state index >= 15 is 0 Å². The van der Waals surface area contributed by atoms with Crippen LogP contribution in [-0.2, 0) is 0 Å². The van der Waals surface area contributed by atoms with E-state index in [0.717, 1.165) is 16.6 Å². The summed E-state index contributed by atoms with van der Waals surface area (Å²) in [5, 5.41) is 3.86. The number of aromatic nitrogens is 2. The molecule has 0 atom stereocenters. The Morgan fingerprint density at radius 3 is 2.65 bits per heavy atom. The van der Waals surface area contributed by atoms with E-state index in [1.165, 1.54) is 36.7 Å². The van der Waals surface area contributed by atoms with Gasteiger partial charge in [0.1, 0.15) is 0 Å². The molecule has 0 fully saturated rings. The van der Waals surface area contributed by atoms with Crippen LogP contribution in [0.25, 0.3) is 53.2 Å². The molecule has 6 aromatic rings. The molecule has 2 nitrogen and oxygen atoms in total. The number of pyridine rings is 1. The first-order valence-corrected chi connectivity index (χ1v) is 9.47. The molecule has 0 radical (unpaired) electrons. The molecule has 0 saturated carbocycles. The van der Waals surface area contributed by atoms with Crippen LogP contribution in [-0.4, -0.2) is 9.97 Å². The zero-order valence-electron chi connectivity index (χ0n) is 13.9. The molecular formula is C23H14N2S. The van der Waals surface area contributed by atoms with Gasteiger partial charge in [0.05, 0.1) is 11.0 Å². The van der Waals surface area contributed by atoms with Gasteiger partial charge in [-0.05, 0) is 47.5 Å². The summed E-state index contributed by atoms with van der Waals surface area (Å²) in [5.41, 5.74) is 5.76. The third-order valence-corrected chi connectivity index (χ3v) is 6.20. The monoisotopic (exact) mass is 350 g/mol. The first-order chi connectivity index (χ1) is 12.9. The molecule has 1 N–H and O–H groups in total. The largest absolute Gasteiger partial charge is 0.353 e. The number of benzene rings is 3. The number of H-pyrrole nitrogens is 1. The molecule has 0 saturated heterocycles. The third kappa shape index (κ3) is 1.89. The van der Waals surface area contributed by atoms with Crippen LogP contribution >= 0.6 is 11.3 Å². The van der Waals surface area contributed by atoms with Gasteiger partial charge in [-0.1, -0.05) is 36.4 Å². The van der Waals surface area contributed by atoms with Crippen molar-refractivity contribution < 1.29 is 0 Å². The maximum absolute atomic E-state index is 4.58. The first kappa shape index (κ1) is 14.0. The van der Waals surface area contributed by atoms with Gasteiger partial charge in [-0.3, -0.25) is 4.98 Å². The fourth-order valence-corrected chi connectivity index (χ4v) is 5.03. The molecule has 0 spiro atoms. The lowest BCUT2D eigenvalue weighted by Crippen LogP contribution is -1.80. The summed E-state index contributed by atoms with van der Waals surface area (Å²) in [6, 6.07) is 26.0. The van der Waals surface area contributed by atoms with Crippen LogP contribution in [0.1, 0.15) is 0 Å². The lowest BCUT2D eigenvalue weighted by molar-refractivity contribution is 1.42. The number of rotatable bonds is 1. The van der Waals surface area contributed by atoms with Crippen LogP contribution in [0.2, 0.25) is 0 Å². The van der Waals surface area contributed by atoms with Crippen LogP contribution < -0.4 is 0 Å². The summed E-state index contributed by atoms with van der Waals surface area (Å²) < 4.78 is 2.67. The summed E-state index contributed by atoms with van der Waals surface area (Å²) in [6.07, 6.45) is 1.86. The predicted molar refractivity (Wildman–Crippen MR) is 112 cm³/mol. The van der Waals surface area contributed by atoms with Gasteiger partial charge < -0.3 is 4.98 Å². The quantitative estimate of drug-likeness (QED) is 0.349. The summed E-state index contributed by atoms with van der Waals surface area (Å²) in [6.45, 7) is 0. The number of thiophene rings is 1. The van der Waals surface area contributed by atoms with Gasteiger partial charge in [0.25, 0.3) is 0 Å². The van der Waals surface area contributed by atoms with E-state index in [4.69, 9.17) is 0 Å². The van der Waals surface area contributed by atoms with Crippen LogP contribution in [0, 0.1) is 0 Å². The fraction of sp³-hybridized carbons (Fsp3) is 0. The minimum Gasteiger partial charge on any atom is -0.353 e. The molecule has 0 unspecified atom stereocenters. The lowest BCUT2D eigenvalue weighted by atomic mass is 9.98. The van der Waals surface area contributed by atoms with Gasteiger partial charge in [-0.25, -0.2) is 0 Å². The summed E-state index contributed by atoms with van der Waals surface area (Å²) in [4.78, 5) is 8.04. The Hall–Kier alpha value is -3.17. The fourth-order valence-electron chi connectivity index (χ4n) is 3.90. The zero-order chi connectivity index (χ0) is 17.1. The Morgan fingerprint density at radius 1 is 0.731 bits per heavy atom. The van der Waals surface area contributed by atoms with Gasteiger partial charge in [-0.2, -0.15) is 0 Å². The number of fused-ring (bicyclic) bond motifs is 6. The van der Waals surface area contributed by atoms with E-state index in [0.29, 0.717) is 0 Å². The number of nitrogens with zero attached hydrogens (tertiary/aromatic N) is 1. The maximum atomic E-state index is 4.58. The SMILES string of the molecule is c1cnc2c(c1)[nH]c1ccc(-c3cccc4sc5ccccc5c34)cc12. The number of aromatic amines is 1. The molecule has 3 heterocycles. The highest BCUT2D eigenvalue weighted by Gasteiger charge is 2.12. The Kier molecular flexibility index (Phi) is 2.79. The molecule has 0 aliphatic heterocycles. The van der Waals surface area contributed by atoms with Crippen molar-refractivity contribution in [2.45, 2.75) is 0 Å². The van der Waals surface area contributed by atoms with Gasteiger partial charge in [0, 0.05) is 37.3 Å². The second-order valence-corrected chi connectivity index (χ2v) is 7.65. The van der Waals surface area contributed by atoms with E-state index in [1.807, 2.05) is 23.6 Å². The molecule has 0 aliphatic rings. The van der Waals surface area contributed by atoms with E-state index < -0.39 is 0 Å². The van der Waals surface area contributed by atoms with Crippen molar-refractivity contribution in [3.05, 3.63) is 79.0 Å². The molecule has 6 rings (SSSR count). The molecule has 0 bridgehead atoms.